The zero-order valence-corrected chi connectivity index (χ0v) is 13.9. The molecule has 11 atom stereocenters. The Balaban J connectivity index is 1.49. The van der Waals surface area contributed by atoms with Crippen LogP contribution in [0.4, 0.5) is 0 Å². The van der Waals surface area contributed by atoms with Gasteiger partial charge < -0.3 is 0 Å². The molecule has 7 rings (SSSR count). The van der Waals surface area contributed by atoms with Gasteiger partial charge in [-0.1, -0.05) is 30.8 Å². The lowest BCUT2D eigenvalue weighted by Crippen LogP contribution is -2.56. The largest absolute Gasteiger partial charge is 0.106 e. The molecule has 1 heteroatoms. The van der Waals surface area contributed by atoms with Crippen molar-refractivity contribution in [3.8, 4) is 0 Å². The second-order valence-corrected chi connectivity index (χ2v) is 10.2. The number of fused-ring (bicyclic) bond motifs is 5. The van der Waals surface area contributed by atoms with Crippen LogP contribution in [-0.2, 0) is 0 Å². The van der Waals surface area contributed by atoms with E-state index in [0.717, 1.165) is 64.5 Å². The summed E-state index contributed by atoms with van der Waals surface area (Å²) < 4.78 is 0. The van der Waals surface area contributed by atoms with Gasteiger partial charge in [-0.2, -0.15) is 0 Å². The van der Waals surface area contributed by atoms with E-state index in [1.807, 2.05) is 0 Å². The third-order valence-corrected chi connectivity index (χ3v) is 9.97. The summed E-state index contributed by atoms with van der Waals surface area (Å²) in [7, 11) is 2.58. The maximum Gasteiger partial charge on any atom is 0.106 e. The van der Waals surface area contributed by atoms with Gasteiger partial charge in [-0.3, -0.25) is 0 Å². The van der Waals surface area contributed by atoms with Gasteiger partial charge in [0.2, 0.25) is 0 Å². The molecular weight excluding hydrogens is 251 g/mol. The van der Waals surface area contributed by atoms with Crippen molar-refractivity contribution >= 4 is 7.85 Å². The van der Waals surface area contributed by atoms with Gasteiger partial charge in [0.15, 0.2) is 0 Å². The van der Waals surface area contributed by atoms with Crippen molar-refractivity contribution in [3.63, 3.8) is 0 Å². The second kappa shape index (κ2) is 3.49. The molecule has 112 valence electrons. The van der Waals surface area contributed by atoms with Gasteiger partial charge in [0.1, 0.15) is 7.85 Å². The van der Waals surface area contributed by atoms with Crippen molar-refractivity contribution in [2.75, 3.05) is 0 Å². The Hall–Kier alpha value is -0.195. The highest BCUT2D eigenvalue weighted by atomic mass is 14.7. The van der Waals surface area contributed by atoms with Crippen LogP contribution in [0.1, 0.15) is 46.0 Å². The van der Waals surface area contributed by atoms with E-state index in [-0.39, 0.29) is 0 Å². The van der Waals surface area contributed by atoms with E-state index in [2.05, 4.69) is 27.8 Å². The predicted molar refractivity (Wildman–Crippen MR) is 88.7 cm³/mol. The molecule has 0 radical (unpaired) electrons. The minimum atomic E-state index is 0.726. The fourth-order valence-electron chi connectivity index (χ4n) is 9.57. The van der Waals surface area contributed by atoms with Crippen LogP contribution in [0, 0.1) is 58.7 Å². The van der Waals surface area contributed by atoms with E-state index in [9.17, 15) is 0 Å². The number of allylic oxidation sites excluding steroid dienone is 2. The predicted octanol–water partition coefficient (Wildman–Crippen LogP) is 3.94. The molecule has 0 heterocycles. The maximum absolute atomic E-state index is 2.71. The molecule has 0 aromatic rings. The van der Waals surface area contributed by atoms with Crippen LogP contribution in [0.2, 0.25) is 5.82 Å². The Morgan fingerprint density at radius 3 is 2.76 bits per heavy atom. The number of hydrogen-bond donors (Lipinski definition) is 0. The second-order valence-electron chi connectivity index (χ2n) is 10.2. The first-order chi connectivity index (χ1) is 10.1. The van der Waals surface area contributed by atoms with Gasteiger partial charge >= 0.3 is 0 Å². The molecule has 0 spiro atoms. The Kier molecular flexibility index (Phi) is 2.04. The van der Waals surface area contributed by atoms with Crippen LogP contribution in [-0.4, -0.2) is 7.85 Å². The molecule has 6 fully saturated rings. The minimum absolute atomic E-state index is 0.726. The summed E-state index contributed by atoms with van der Waals surface area (Å²) in [5.41, 5.74) is 2.51. The Bertz CT molecular complexity index is 550. The summed E-state index contributed by atoms with van der Waals surface area (Å²) in [6.45, 7) is 5.15. The van der Waals surface area contributed by atoms with Gasteiger partial charge in [-0.15, -0.1) is 0 Å². The van der Waals surface area contributed by atoms with Crippen LogP contribution in [0.15, 0.2) is 11.6 Å². The van der Waals surface area contributed by atoms with Crippen molar-refractivity contribution < 1.29 is 0 Å². The van der Waals surface area contributed by atoms with E-state index >= 15 is 0 Å². The molecule has 0 N–H and O–H groups in total. The van der Waals surface area contributed by atoms with Crippen LogP contribution in [0.25, 0.3) is 0 Å². The summed E-state index contributed by atoms with van der Waals surface area (Å²) in [4.78, 5) is 0. The summed E-state index contributed by atoms with van der Waals surface area (Å²) in [6, 6.07) is 0. The summed E-state index contributed by atoms with van der Waals surface area (Å²) in [5, 5.41) is 0. The molecule has 21 heavy (non-hydrogen) atoms. The molecule has 0 amide bonds. The minimum Gasteiger partial charge on any atom is -0.0819 e. The first-order valence-corrected chi connectivity index (χ1v) is 9.78. The molecular formula is C20H29B. The SMILES string of the molecule is BC1CC2CC1(C)C1C3CCC(C4C5CC(C=C5C)C34)C21. The molecule has 6 bridgehead atoms. The Morgan fingerprint density at radius 1 is 1.10 bits per heavy atom. The van der Waals surface area contributed by atoms with E-state index in [0.29, 0.717) is 0 Å². The van der Waals surface area contributed by atoms with Crippen LogP contribution in [0.3, 0.4) is 0 Å². The molecule has 0 aliphatic heterocycles. The van der Waals surface area contributed by atoms with Crippen molar-refractivity contribution in [3.05, 3.63) is 11.6 Å². The zero-order chi connectivity index (χ0) is 14.1. The average molecular weight is 280 g/mol. The zero-order valence-electron chi connectivity index (χ0n) is 13.9. The highest BCUT2D eigenvalue weighted by molar-refractivity contribution is 6.12. The third-order valence-electron chi connectivity index (χ3n) is 9.97. The lowest BCUT2D eigenvalue weighted by molar-refractivity contribution is -0.120. The van der Waals surface area contributed by atoms with E-state index in [4.69, 9.17) is 0 Å². The maximum atomic E-state index is 2.71. The molecule has 0 nitrogen and oxygen atoms in total. The fraction of sp³-hybridized carbons (Fsp3) is 0.900. The number of hydrogen-bond acceptors (Lipinski definition) is 0. The van der Waals surface area contributed by atoms with Crippen molar-refractivity contribution in [2.45, 2.75) is 51.8 Å². The summed E-state index contributed by atoms with van der Waals surface area (Å²) in [5.74, 6) is 10.9. The lowest BCUT2D eigenvalue weighted by atomic mass is 9.41. The molecule has 0 aromatic heterocycles. The molecule has 11 unspecified atom stereocenters. The lowest BCUT2D eigenvalue weighted by Gasteiger charge is -2.62. The normalized spacial score (nSPS) is 69.1. The molecule has 6 saturated carbocycles. The Labute approximate surface area is 130 Å². The van der Waals surface area contributed by atoms with E-state index in [1.54, 1.807) is 37.7 Å². The first kappa shape index (κ1) is 12.3. The molecule has 7 aliphatic carbocycles. The van der Waals surface area contributed by atoms with Crippen LogP contribution < -0.4 is 0 Å². The van der Waals surface area contributed by atoms with Crippen molar-refractivity contribution in [1.29, 1.82) is 0 Å². The van der Waals surface area contributed by atoms with Crippen molar-refractivity contribution in [1.82, 2.24) is 0 Å². The topological polar surface area (TPSA) is 0 Å². The average Bonchev–Trinajstić information content (AvgIpc) is 3.17. The van der Waals surface area contributed by atoms with Crippen LogP contribution >= 0.6 is 0 Å². The summed E-state index contributed by atoms with van der Waals surface area (Å²) in [6.07, 6.45) is 10.6. The monoisotopic (exact) mass is 280 g/mol. The first-order valence-electron chi connectivity index (χ1n) is 9.78. The van der Waals surface area contributed by atoms with Gasteiger partial charge in [-0.25, -0.2) is 0 Å². The smallest absolute Gasteiger partial charge is 0.0819 e. The van der Waals surface area contributed by atoms with Crippen LogP contribution in [0.5, 0.6) is 0 Å². The van der Waals surface area contributed by atoms with Gasteiger partial charge in [0.05, 0.1) is 0 Å². The molecule has 7 aliphatic rings. The Morgan fingerprint density at radius 2 is 1.90 bits per heavy atom. The quantitative estimate of drug-likeness (QED) is 0.466. The highest BCUT2D eigenvalue weighted by Gasteiger charge is 2.71. The standard InChI is InChI=1S/C20H29B/c1-9-5-10-6-14(9)18-12-3-4-13(16(10)18)19-17(12)11-7-15(21)20(19,2)8-11/h5,10-19H,3-4,6-8,21H2,1-2H3. The van der Waals surface area contributed by atoms with Gasteiger partial charge in [0, 0.05) is 0 Å². The summed E-state index contributed by atoms with van der Waals surface area (Å²) >= 11 is 0. The van der Waals surface area contributed by atoms with Gasteiger partial charge in [0.25, 0.3) is 0 Å². The van der Waals surface area contributed by atoms with E-state index in [1.165, 1.54) is 0 Å². The van der Waals surface area contributed by atoms with Crippen molar-refractivity contribution in [2.24, 2.45) is 58.7 Å². The third kappa shape index (κ3) is 1.15. The highest BCUT2D eigenvalue weighted by Crippen LogP contribution is 2.78. The van der Waals surface area contributed by atoms with E-state index < -0.39 is 0 Å². The number of rotatable bonds is 0. The van der Waals surface area contributed by atoms with Gasteiger partial charge in [-0.05, 0) is 91.3 Å². The molecule has 0 aromatic carbocycles. The molecule has 0 saturated heterocycles. The fourth-order valence-corrected chi connectivity index (χ4v) is 9.57.